The average Bonchev–Trinajstić information content (AvgIpc) is 2.68. The minimum Gasteiger partial charge on any atom is -0.353 e. The van der Waals surface area contributed by atoms with Crippen LogP contribution in [0, 0.1) is 0 Å². The molecule has 1 aliphatic heterocycles. The van der Waals surface area contributed by atoms with Crippen molar-refractivity contribution in [2.75, 3.05) is 11.4 Å². The van der Waals surface area contributed by atoms with E-state index in [1.807, 2.05) is 24.4 Å². The molecule has 3 heterocycles. The topological polar surface area (TPSA) is 41.9 Å². The minimum atomic E-state index is 0.568. The first-order valence-corrected chi connectivity index (χ1v) is 8.80. The van der Waals surface area contributed by atoms with Gasteiger partial charge in [0.1, 0.15) is 5.82 Å². The number of rotatable bonds is 3. The Balaban J connectivity index is 1.89. The van der Waals surface area contributed by atoms with Crippen molar-refractivity contribution in [3.63, 3.8) is 0 Å². The zero-order chi connectivity index (χ0) is 16.4. The summed E-state index contributed by atoms with van der Waals surface area (Å²) in [6, 6.07) is 12.9. The molecule has 24 heavy (non-hydrogen) atoms. The zero-order valence-corrected chi connectivity index (χ0v) is 14.0. The highest BCUT2D eigenvalue weighted by molar-refractivity contribution is 5.91. The highest BCUT2D eigenvalue weighted by Crippen LogP contribution is 2.32. The van der Waals surface area contributed by atoms with E-state index in [9.17, 15) is 0 Å². The summed E-state index contributed by atoms with van der Waals surface area (Å²) in [5.41, 5.74) is 1.97. The van der Waals surface area contributed by atoms with Gasteiger partial charge in [-0.05, 0) is 49.9 Å². The Labute approximate surface area is 142 Å². The number of anilines is 1. The maximum atomic E-state index is 4.97. The van der Waals surface area contributed by atoms with Crippen molar-refractivity contribution in [2.45, 2.75) is 38.6 Å². The second kappa shape index (κ2) is 6.56. The molecular formula is C20H22N4. The monoisotopic (exact) mass is 318 g/mol. The summed E-state index contributed by atoms with van der Waals surface area (Å²) in [6.45, 7) is 3.35. The van der Waals surface area contributed by atoms with Gasteiger partial charge in [0, 0.05) is 35.9 Å². The summed E-state index contributed by atoms with van der Waals surface area (Å²) in [4.78, 5) is 16.5. The van der Waals surface area contributed by atoms with Gasteiger partial charge in [-0.15, -0.1) is 0 Å². The number of fused-ring (bicyclic) bond motifs is 1. The van der Waals surface area contributed by atoms with Gasteiger partial charge in [0.05, 0.1) is 5.52 Å². The Kier molecular flexibility index (Phi) is 4.11. The van der Waals surface area contributed by atoms with E-state index in [0.29, 0.717) is 6.04 Å². The van der Waals surface area contributed by atoms with Crippen LogP contribution >= 0.6 is 0 Å². The standard InChI is InChI=1S/C20H22N4/c1-2-16-9-5-6-13-24(16)20-17-10-3-4-11-18(17)22-19(23-20)15-8-7-12-21-14-15/h3-4,7-8,10-12,14,16H,2,5-6,9,13H2,1H3/t16-/m1/s1. The lowest BCUT2D eigenvalue weighted by Crippen LogP contribution is -2.39. The van der Waals surface area contributed by atoms with Crippen LogP contribution in [0.3, 0.4) is 0 Å². The third kappa shape index (κ3) is 2.73. The van der Waals surface area contributed by atoms with Gasteiger partial charge in [-0.25, -0.2) is 9.97 Å². The minimum absolute atomic E-state index is 0.568. The maximum Gasteiger partial charge on any atom is 0.163 e. The Morgan fingerprint density at radius 2 is 2.00 bits per heavy atom. The first-order valence-electron chi connectivity index (χ1n) is 8.80. The SMILES string of the molecule is CC[C@@H]1CCCCN1c1nc(-c2cccnc2)nc2ccccc12. The summed E-state index contributed by atoms with van der Waals surface area (Å²) >= 11 is 0. The van der Waals surface area contributed by atoms with Crippen LogP contribution in [0.25, 0.3) is 22.3 Å². The highest BCUT2D eigenvalue weighted by atomic mass is 15.2. The smallest absolute Gasteiger partial charge is 0.163 e. The Morgan fingerprint density at radius 3 is 2.83 bits per heavy atom. The van der Waals surface area contributed by atoms with Crippen LogP contribution in [0.1, 0.15) is 32.6 Å². The van der Waals surface area contributed by atoms with Crippen LogP contribution in [-0.2, 0) is 0 Å². The Bertz CT molecular complexity index is 831. The maximum absolute atomic E-state index is 4.97. The molecule has 1 saturated heterocycles. The van der Waals surface area contributed by atoms with E-state index < -0.39 is 0 Å². The molecule has 0 spiro atoms. The van der Waals surface area contributed by atoms with Crippen LogP contribution in [0.4, 0.5) is 5.82 Å². The number of aromatic nitrogens is 3. The fourth-order valence-corrected chi connectivity index (χ4v) is 3.61. The number of pyridine rings is 1. The molecule has 1 atom stereocenters. The summed E-state index contributed by atoms with van der Waals surface area (Å²) in [5, 5.41) is 1.14. The fraction of sp³-hybridized carbons (Fsp3) is 0.350. The van der Waals surface area contributed by atoms with E-state index in [1.54, 1.807) is 6.20 Å². The van der Waals surface area contributed by atoms with E-state index in [0.717, 1.165) is 41.1 Å². The van der Waals surface area contributed by atoms with Crippen LogP contribution in [0.2, 0.25) is 0 Å². The number of benzene rings is 1. The van der Waals surface area contributed by atoms with E-state index >= 15 is 0 Å². The first-order chi connectivity index (χ1) is 11.9. The predicted molar refractivity (Wildman–Crippen MR) is 98.0 cm³/mol. The normalized spacial score (nSPS) is 18.0. The average molecular weight is 318 g/mol. The molecule has 0 saturated carbocycles. The lowest BCUT2D eigenvalue weighted by atomic mass is 9.99. The molecule has 1 aliphatic rings. The predicted octanol–water partition coefficient (Wildman–Crippen LogP) is 4.46. The van der Waals surface area contributed by atoms with Crippen molar-refractivity contribution >= 4 is 16.7 Å². The number of nitrogens with zero attached hydrogens (tertiary/aromatic N) is 4. The van der Waals surface area contributed by atoms with Crippen LogP contribution < -0.4 is 4.90 Å². The van der Waals surface area contributed by atoms with Crippen LogP contribution in [0.15, 0.2) is 48.8 Å². The van der Waals surface area contributed by atoms with Gasteiger partial charge in [0.2, 0.25) is 0 Å². The van der Waals surface area contributed by atoms with Crippen molar-refractivity contribution in [1.82, 2.24) is 15.0 Å². The fourth-order valence-electron chi connectivity index (χ4n) is 3.61. The van der Waals surface area contributed by atoms with Crippen molar-refractivity contribution < 1.29 is 0 Å². The molecule has 4 rings (SSSR count). The van der Waals surface area contributed by atoms with Crippen LogP contribution in [0.5, 0.6) is 0 Å². The van der Waals surface area contributed by atoms with Crippen LogP contribution in [-0.4, -0.2) is 27.5 Å². The molecule has 0 aliphatic carbocycles. The molecule has 3 aromatic rings. The van der Waals surface area contributed by atoms with Gasteiger partial charge in [-0.1, -0.05) is 19.1 Å². The Hall–Kier alpha value is -2.49. The molecular weight excluding hydrogens is 296 g/mol. The Morgan fingerprint density at radius 1 is 1.08 bits per heavy atom. The van der Waals surface area contributed by atoms with Gasteiger partial charge < -0.3 is 4.90 Å². The summed E-state index contributed by atoms with van der Waals surface area (Å²) in [7, 11) is 0. The number of para-hydroxylation sites is 1. The number of hydrogen-bond donors (Lipinski definition) is 0. The molecule has 0 N–H and O–H groups in total. The quantitative estimate of drug-likeness (QED) is 0.715. The van der Waals surface area contributed by atoms with Crippen molar-refractivity contribution in [1.29, 1.82) is 0 Å². The summed E-state index contributed by atoms with van der Waals surface area (Å²) in [6.07, 6.45) is 8.56. The summed E-state index contributed by atoms with van der Waals surface area (Å²) in [5.74, 6) is 1.84. The largest absolute Gasteiger partial charge is 0.353 e. The molecule has 1 aromatic carbocycles. The lowest BCUT2D eigenvalue weighted by Gasteiger charge is -2.37. The molecule has 0 bridgehead atoms. The second-order valence-electron chi connectivity index (χ2n) is 6.38. The van der Waals surface area contributed by atoms with Crippen molar-refractivity contribution in [2.24, 2.45) is 0 Å². The zero-order valence-electron chi connectivity index (χ0n) is 14.0. The van der Waals surface area contributed by atoms with Crippen molar-refractivity contribution in [3.05, 3.63) is 48.8 Å². The second-order valence-corrected chi connectivity index (χ2v) is 6.38. The molecule has 1 fully saturated rings. The van der Waals surface area contributed by atoms with Gasteiger partial charge in [-0.3, -0.25) is 4.98 Å². The van der Waals surface area contributed by atoms with E-state index in [1.165, 1.54) is 19.3 Å². The molecule has 2 aromatic heterocycles. The number of piperidine rings is 1. The molecule has 0 radical (unpaired) electrons. The van der Waals surface area contributed by atoms with Crippen molar-refractivity contribution in [3.8, 4) is 11.4 Å². The molecule has 4 nitrogen and oxygen atoms in total. The lowest BCUT2D eigenvalue weighted by molar-refractivity contribution is 0.448. The van der Waals surface area contributed by atoms with Gasteiger partial charge in [0.25, 0.3) is 0 Å². The third-order valence-corrected chi connectivity index (χ3v) is 4.87. The molecule has 4 heteroatoms. The van der Waals surface area contributed by atoms with Gasteiger partial charge in [-0.2, -0.15) is 0 Å². The van der Waals surface area contributed by atoms with Gasteiger partial charge in [0.15, 0.2) is 5.82 Å². The summed E-state index contributed by atoms with van der Waals surface area (Å²) < 4.78 is 0. The number of hydrogen-bond acceptors (Lipinski definition) is 4. The molecule has 122 valence electrons. The highest BCUT2D eigenvalue weighted by Gasteiger charge is 2.24. The van der Waals surface area contributed by atoms with Gasteiger partial charge >= 0.3 is 0 Å². The first kappa shape index (κ1) is 15.1. The van der Waals surface area contributed by atoms with E-state index in [4.69, 9.17) is 9.97 Å². The van der Waals surface area contributed by atoms with E-state index in [-0.39, 0.29) is 0 Å². The third-order valence-electron chi connectivity index (χ3n) is 4.87. The molecule has 0 unspecified atom stereocenters. The van der Waals surface area contributed by atoms with E-state index in [2.05, 4.69) is 35.0 Å². The molecule has 0 amide bonds.